The number of allylic oxidation sites excluding steroid dienone is 2. The van der Waals surface area contributed by atoms with Gasteiger partial charge in [0.1, 0.15) is 0 Å². The van der Waals surface area contributed by atoms with Crippen LogP contribution in [-0.4, -0.2) is 9.97 Å². The normalized spacial score (nSPS) is 12.6. The highest BCUT2D eigenvalue weighted by Gasteiger charge is 2.35. The van der Waals surface area contributed by atoms with E-state index in [9.17, 15) is 0 Å². The zero-order valence-corrected chi connectivity index (χ0v) is 24.8. The van der Waals surface area contributed by atoms with Gasteiger partial charge in [0.05, 0.1) is 22.7 Å². The van der Waals surface area contributed by atoms with Gasteiger partial charge in [-0.15, -0.1) is 0 Å². The Morgan fingerprint density at radius 2 is 0.795 bits per heavy atom. The van der Waals surface area contributed by atoms with Gasteiger partial charge in [-0.3, -0.25) is 0 Å². The highest BCUT2D eigenvalue weighted by atomic mass is 15.3. The van der Waals surface area contributed by atoms with E-state index in [1.165, 1.54) is 32.9 Å². The van der Waals surface area contributed by atoms with Gasteiger partial charge in [0, 0.05) is 55.0 Å². The van der Waals surface area contributed by atoms with Crippen LogP contribution in [0.4, 0.5) is 34.1 Å². The molecule has 3 heterocycles. The molecular weight excluding hydrogens is 536 g/mol. The van der Waals surface area contributed by atoms with Crippen molar-refractivity contribution in [3.63, 3.8) is 0 Å². The number of benzene rings is 6. The molecule has 0 unspecified atom stereocenters. The van der Waals surface area contributed by atoms with Gasteiger partial charge in [0.25, 0.3) is 0 Å². The summed E-state index contributed by atoms with van der Waals surface area (Å²) >= 11 is 0. The van der Waals surface area contributed by atoms with Gasteiger partial charge < -0.3 is 19.8 Å². The van der Waals surface area contributed by atoms with Gasteiger partial charge in [0.15, 0.2) is 0 Å². The Kier molecular flexibility index (Phi) is 6.20. The molecule has 0 bridgehead atoms. The molecular formula is C40H32N4. The average molecular weight is 569 g/mol. The number of hydrogen-bond donors (Lipinski definition) is 2. The molecule has 1 aliphatic heterocycles. The summed E-state index contributed by atoms with van der Waals surface area (Å²) in [4.78, 5) is 12.3. The van der Waals surface area contributed by atoms with Crippen LogP contribution in [0.5, 0.6) is 0 Å². The van der Waals surface area contributed by atoms with Crippen LogP contribution in [0.3, 0.4) is 0 Å². The average Bonchev–Trinajstić information content (AvgIpc) is 3.66. The minimum atomic E-state index is 1.13. The molecule has 4 heteroatoms. The van der Waals surface area contributed by atoms with Crippen LogP contribution in [0.1, 0.15) is 13.8 Å². The SMILES string of the molecule is C/C=C\C.c1ccc(N2c3ccc4[nH]c5ccccc5c4c3N(c3ccccc3)c3ccc4[nH]c5ccccc5c4c32)cc1. The van der Waals surface area contributed by atoms with Crippen molar-refractivity contribution >= 4 is 77.7 Å². The zero-order valence-electron chi connectivity index (χ0n) is 24.8. The molecule has 4 nitrogen and oxygen atoms in total. The summed E-state index contributed by atoms with van der Waals surface area (Å²) in [5.74, 6) is 0. The molecule has 0 atom stereocenters. The van der Waals surface area contributed by atoms with E-state index in [0.29, 0.717) is 0 Å². The largest absolute Gasteiger partial charge is 0.354 e. The summed E-state index contributed by atoms with van der Waals surface area (Å²) in [6, 6.07) is 47.7. The fourth-order valence-corrected chi connectivity index (χ4v) is 6.57. The maximum absolute atomic E-state index is 3.68. The first-order valence-electron chi connectivity index (χ1n) is 15.1. The van der Waals surface area contributed by atoms with Crippen molar-refractivity contribution in [1.82, 2.24) is 9.97 Å². The van der Waals surface area contributed by atoms with E-state index in [1.54, 1.807) is 0 Å². The summed E-state index contributed by atoms with van der Waals surface area (Å²) in [6.45, 7) is 4.00. The molecule has 2 aromatic heterocycles. The molecule has 8 aromatic rings. The number of rotatable bonds is 2. The van der Waals surface area contributed by atoms with Crippen molar-refractivity contribution in [1.29, 1.82) is 0 Å². The molecule has 0 aliphatic carbocycles. The minimum absolute atomic E-state index is 1.13. The summed E-state index contributed by atoms with van der Waals surface area (Å²) in [7, 11) is 0. The molecule has 1 aliphatic rings. The number of aromatic nitrogens is 2. The number of H-pyrrole nitrogens is 2. The fraction of sp³-hybridized carbons (Fsp3) is 0.0500. The molecule has 0 amide bonds. The second kappa shape index (κ2) is 10.5. The molecule has 2 N–H and O–H groups in total. The highest BCUT2D eigenvalue weighted by Crippen LogP contribution is 2.59. The van der Waals surface area contributed by atoms with Gasteiger partial charge in [-0.05, 0) is 74.5 Å². The van der Waals surface area contributed by atoms with E-state index in [2.05, 4.69) is 153 Å². The standard InChI is InChI=1S/C36H24N4.C4H8/c1-3-11-23(12-4-1)39-31-21-19-30-34(26-16-8-10-18-28(26)38-30)36(31)40(24-13-5-2-6-14-24)32-22-20-29-33(35(32)39)25-15-7-9-17-27(25)37-29;1-3-4-2/h1-22,37-38H;3-4H,1-2H3/b;4-3-. The van der Waals surface area contributed by atoms with Gasteiger partial charge in [-0.1, -0.05) is 84.9 Å². The van der Waals surface area contributed by atoms with E-state index in [0.717, 1.165) is 44.8 Å². The second-order valence-electron chi connectivity index (χ2n) is 11.1. The smallest absolute Gasteiger partial charge is 0.0804 e. The molecule has 0 saturated carbocycles. The molecule has 0 saturated heterocycles. The van der Waals surface area contributed by atoms with E-state index in [1.807, 2.05) is 26.0 Å². The first-order chi connectivity index (χ1) is 21.8. The van der Waals surface area contributed by atoms with Crippen LogP contribution in [0.25, 0.3) is 43.6 Å². The predicted octanol–water partition coefficient (Wildman–Crippen LogP) is 11.8. The van der Waals surface area contributed by atoms with Gasteiger partial charge in [0.2, 0.25) is 0 Å². The van der Waals surface area contributed by atoms with Gasteiger partial charge in [-0.2, -0.15) is 0 Å². The monoisotopic (exact) mass is 568 g/mol. The Morgan fingerprint density at radius 3 is 1.20 bits per heavy atom. The van der Waals surface area contributed by atoms with E-state index in [4.69, 9.17) is 0 Å². The lowest BCUT2D eigenvalue weighted by Crippen LogP contribution is -2.24. The maximum atomic E-state index is 3.68. The van der Waals surface area contributed by atoms with Gasteiger partial charge in [-0.25, -0.2) is 0 Å². The molecule has 9 rings (SSSR count). The van der Waals surface area contributed by atoms with Crippen LogP contribution in [0, 0.1) is 0 Å². The third kappa shape index (κ3) is 3.92. The van der Waals surface area contributed by atoms with Crippen molar-refractivity contribution in [3.05, 3.63) is 146 Å². The van der Waals surface area contributed by atoms with E-state index in [-0.39, 0.29) is 0 Å². The van der Waals surface area contributed by atoms with E-state index < -0.39 is 0 Å². The number of fused-ring (bicyclic) bond motifs is 10. The van der Waals surface area contributed by atoms with Crippen molar-refractivity contribution in [3.8, 4) is 0 Å². The molecule has 0 fully saturated rings. The van der Waals surface area contributed by atoms with E-state index >= 15 is 0 Å². The molecule has 44 heavy (non-hydrogen) atoms. The third-order valence-electron chi connectivity index (χ3n) is 8.54. The predicted molar refractivity (Wildman–Crippen MR) is 189 cm³/mol. The molecule has 212 valence electrons. The maximum Gasteiger partial charge on any atom is 0.0804 e. The summed E-state index contributed by atoms with van der Waals surface area (Å²) in [5, 5.41) is 4.89. The number of aromatic amines is 2. The van der Waals surface area contributed by atoms with Crippen LogP contribution < -0.4 is 9.80 Å². The summed E-state index contributed by atoms with van der Waals surface area (Å²) < 4.78 is 0. The molecule has 0 radical (unpaired) electrons. The Labute approximate surface area is 256 Å². The zero-order chi connectivity index (χ0) is 29.6. The Hall–Kier alpha value is -5.74. The van der Waals surface area contributed by atoms with Crippen molar-refractivity contribution < 1.29 is 0 Å². The lowest BCUT2D eigenvalue weighted by Gasteiger charge is -2.41. The number of nitrogens with zero attached hydrogens (tertiary/aromatic N) is 2. The summed E-state index contributed by atoms with van der Waals surface area (Å²) in [6.07, 6.45) is 4.00. The Morgan fingerprint density at radius 1 is 0.409 bits per heavy atom. The number of nitrogens with one attached hydrogen (secondary N) is 2. The first-order valence-corrected chi connectivity index (χ1v) is 15.1. The summed E-state index contributed by atoms with van der Waals surface area (Å²) in [5.41, 5.74) is 11.5. The van der Waals surface area contributed by atoms with Crippen LogP contribution in [0.2, 0.25) is 0 Å². The molecule has 6 aromatic carbocycles. The second-order valence-corrected chi connectivity index (χ2v) is 11.1. The van der Waals surface area contributed by atoms with Crippen LogP contribution in [0.15, 0.2) is 146 Å². The topological polar surface area (TPSA) is 38.1 Å². The van der Waals surface area contributed by atoms with Crippen molar-refractivity contribution in [2.24, 2.45) is 0 Å². The third-order valence-corrected chi connectivity index (χ3v) is 8.54. The van der Waals surface area contributed by atoms with Crippen molar-refractivity contribution in [2.45, 2.75) is 13.8 Å². The first kappa shape index (κ1) is 25.9. The Balaban J connectivity index is 0.000000684. The number of anilines is 6. The number of hydrogen-bond acceptors (Lipinski definition) is 2. The van der Waals surface area contributed by atoms with Crippen molar-refractivity contribution in [2.75, 3.05) is 9.80 Å². The lowest BCUT2D eigenvalue weighted by molar-refractivity contribution is 1.19. The van der Waals surface area contributed by atoms with Crippen LogP contribution >= 0.6 is 0 Å². The quantitative estimate of drug-likeness (QED) is 0.204. The van der Waals surface area contributed by atoms with Crippen LogP contribution in [-0.2, 0) is 0 Å². The highest BCUT2D eigenvalue weighted by molar-refractivity contribution is 6.25. The number of para-hydroxylation sites is 4. The van der Waals surface area contributed by atoms with Gasteiger partial charge >= 0.3 is 0 Å². The Bertz CT molecular complexity index is 2140. The fourth-order valence-electron chi connectivity index (χ4n) is 6.57. The lowest BCUT2D eigenvalue weighted by atomic mass is 9.98. The molecule has 0 spiro atoms. The minimum Gasteiger partial charge on any atom is -0.354 e.